The van der Waals surface area contributed by atoms with Crippen LogP contribution < -0.4 is 16.3 Å². The largest absolute Gasteiger partial charge is 0.333 e. The molecule has 0 atom stereocenters. The monoisotopic (exact) mass is 248 g/mol. The summed E-state index contributed by atoms with van der Waals surface area (Å²) in [5.41, 5.74) is 0.508. The number of hydrogen-bond acceptors (Lipinski definition) is 5. The number of anilines is 1. The van der Waals surface area contributed by atoms with E-state index in [1.807, 2.05) is 34.9 Å². The van der Waals surface area contributed by atoms with E-state index in [0.29, 0.717) is 16.9 Å². The third-order valence-corrected chi connectivity index (χ3v) is 3.79. The van der Waals surface area contributed by atoms with Crippen LogP contribution in [-0.2, 0) is 0 Å². The summed E-state index contributed by atoms with van der Waals surface area (Å²) in [5.74, 6) is 8.25. The Bertz CT molecular complexity index is 618. The molecule has 0 radical (unpaired) electrons. The summed E-state index contributed by atoms with van der Waals surface area (Å²) in [7, 11) is 0. The number of aromatic nitrogens is 2. The first-order valence-electron chi connectivity index (χ1n) is 5.37. The standard InChI is InChI=1S/C11H12N4OS/c12-15-10(16)8-3-1-2-4-9(8)13-11(15)14-5-6-17-7-14/h1-4H,5-7,12H2. The van der Waals surface area contributed by atoms with E-state index in [-0.39, 0.29) is 5.56 Å². The number of thioether (sulfide) groups is 1. The fourth-order valence-electron chi connectivity index (χ4n) is 1.93. The number of nitrogens with zero attached hydrogens (tertiary/aromatic N) is 3. The van der Waals surface area contributed by atoms with Crippen molar-refractivity contribution >= 4 is 28.6 Å². The molecular weight excluding hydrogens is 236 g/mol. The SMILES string of the molecule is Nn1c(N2CCSC2)nc2ccccc2c1=O. The zero-order valence-electron chi connectivity index (χ0n) is 9.17. The average Bonchev–Trinajstić information content (AvgIpc) is 2.87. The molecule has 2 aromatic rings. The molecule has 88 valence electrons. The molecule has 1 saturated heterocycles. The van der Waals surface area contributed by atoms with E-state index in [4.69, 9.17) is 5.84 Å². The lowest BCUT2D eigenvalue weighted by molar-refractivity contribution is 0.828. The van der Waals surface area contributed by atoms with Gasteiger partial charge in [0.25, 0.3) is 5.56 Å². The molecule has 3 rings (SSSR count). The number of nitrogens with two attached hydrogens (primary N) is 1. The Morgan fingerprint density at radius 2 is 2.18 bits per heavy atom. The maximum Gasteiger partial charge on any atom is 0.281 e. The number of para-hydroxylation sites is 1. The van der Waals surface area contributed by atoms with Crippen molar-refractivity contribution < 1.29 is 0 Å². The van der Waals surface area contributed by atoms with E-state index in [1.54, 1.807) is 6.07 Å². The van der Waals surface area contributed by atoms with E-state index in [9.17, 15) is 4.79 Å². The third kappa shape index (κ3) is 1.64. The van der Waals surface area contributed by atoms with Gasteiger partial charge in [0.2, 0.25) is 5.95 Å². The molecule has 6 heteroatoms. The normalized spacial score (nSPS) is 15.6. The summed E-state index contributed by atoms with van der Waals surface area (Å²) in [6.07, 6.45) is 0. The van der Waals surface area contributed by atoms with Crippen LogP contribution in [0.15, 0.2) is 29.1 Å². The summed E-state index contributed by atoms with van der Waals surface area (Å²) in [6, 6.07) is 7.27. The molecule has 0 saturated carbocycles. The third-order valence-electron chi connectivity index (χ3n) is 2.82. The number of rotatable bonds is 1. The van der Waals surface area contributed by atoms with Gasteiger partial charge in [0.05, 0.1) is 16.8 Å². The highest BCUT2D eigenvalue weighted by Gasteiger charge is 2.18. The van der Waals surface area contributed by atoms with Gasteiger partial charge in [-0.05, 0) is 12.1 Å². The minimum absolute atomic E-state index is 0.192. The Balaban J connectivity index is 2.25. The van der Waals surface area contributed by atoms with Crippen molar-refractivity contribution in [3.8, 4) is 0 Å². The van der Waals surface area contributed by atoms with Crippen LogP contribution in [0.1, 0.15) is 0 Å². The van der Waals surface area contributed by atoms with Crippen molar-refractivity contribution in [2.24, 2.45) is 0 Å². The Morgan fingerprint density at radius 1 is 1.35 bits per heavy atom. The maximum absolute atomic E-state index is 12.1. The number of hydrogen-bond donors (Lipinski definition) is 1. The highest BCUT2D eigenvalue weighted by molar-refractivity contribution is 7.99. The summed E-state index contributed by atoms with van der Waals surface area (Å²) in [6.45, 7) is 0.882. The van der Waals surface area contributed by atoms with E-state index in [1.165, 1.54) is 0 Å². The molecule has 1 aromatic heterocycles. The molecule has 0 aliphatic carbocycles. The smallest absolute Gasteiger partial charge is 0.281 e. The highest BCUT2D eigenvalue weighted by Crippen LogP contribution is 2.20. The second-order valence-corrected chi connectivity index (χ2v) is 4.98. The Hall–Kier alpha value is -1.69. The van der Waals surface area contributed by atoms with Gasteiger partial charge in [-0.1, -0.05) is 12.1 Å². The van der Waals surface area contributed by atoms with E-state index < -0.39 is 0 Å². The van der Waals surface area contributed by atoms with Gasteiger partial charge < -0.3 is 10.7 Å². The second-order valence-electron chi connectivity index (χ2n) is 3.90. The molecule has 0 amide bonds. The van der Waals surface area contributed by atoms with Crippen molar-refractivity contribution in [3.63, 3.8) is 0 Å². The first kappa shape index (κ1) is 10.5. The van der Waals surface area contributed by atoms with Crippen molar-refractivity contribution in [2.45, 2.75) is 0 Å². The lowest BCUT2D eigenvalue weighted by Crippen LogP contribution is -2.35. The van der Waals surface area contributed by atoms with E-state index in [0.717, 1.165) is 22.9 Å². The van der Waals surface area contributed by atoms with Gasteiger partial charge in [0.15, 0.2) is 0 Å². The van der Waals surface area contributed by atoms with Crippen LogP contribution in [-0.4, -0.2) is 27.8 Å². The summed E-state index contributed by atoms with van der Waals surface area (Å²) in [5, 5.41) is 0.561. The van der Waals surface area contributed by atoms with Gasteiger partial charge in [-0.3, -0.25) is 4.79 Å². The van der Waals surface area contributed by atoms with Crippen LogP contribution >= 0.6 is 11.8 Å². The molecule has 1 aliphatic heterocycles. The second kappa shape index (κ2) is 3.96. The van der Waals surface area contributed by atoms with Crippen LogP contribution in [0.25, 0.3) is 10.9 Å². The maximum atomic E-state index is 12.1. The number of fused-ring (bicyclic) bond motifs is 1. The van der Waals surface area contributed by atoms with Crippen molar-refractivity contribution in [1.29, 1.82) is 0 Å². The molecular formula is C11H12N4OS. The molecule has 0 unspecified atom stereocenters. The molecule has 0 spiro atoms. The molecule has 5 nitrogen and oxygen atoms in total. The van der Waals surface area contributed by atoms with Crippen molar-refractivity contribution in [1.82, 2.24) is 9.66 Å². The number of nitrogen functional groups attached to an aromatic ring is 1. The van der Waals surface area contributed by atoms with E-state index >= 15 is 0 Å². The van der Waals surface area contributed by atoms with Gasteiger partial charge in [0.1, 0.15) is 0 Å². The van der Waals surface area contributed by atoms with Crippen LogP contribution in [0.2, 0.25) is 0 Å². The van der Waals surface area contributed by atoms with E-state index in [2.05, 4.69) is 4.98 Å². The van der Waals surface area contributed by atoms with Gasteiger partial charge in [-0.25, -0.2) is 4.98 Å². The topological polar surface area (TPSA) is 64.2 Å². The summed E-state index contributed by atoms with van der Waals surface area (Å²) < 4.78 is 1.15. The van der Waals surface area contributed by atoms with Gasteiger partial charge in [-0.15, -0.1) is 11.8 Å². The Kier molecular flexibility index (Phi) is 2.44. The van der Waals surface area contributed by atoms with Gasteiger partial charge in [0, 0.05) is 12.3 Å². The highest BCUT2D eigenvalue weighted by atomic mass is 32.2. The minimum Gasteiger partial charge on any atom is -0.333 e. The summed E-state index contributed by atoms with van der Waals surface area (Å²) >= 11 is 1.81. The molecule has 1 aliphatic rings. The predicted octanol–water partition coefficient (Wildman–Crippen LogP) is 0.621. The zero-order chi connectivity index (χ0) is 11.8. The minimum atomic E-state index is -0.192. The summed E-state index contributed by atoms with van der Waals surface area (Å²) in [4.78, 5) is 18.6. The Labute approximate surface area is 102 Å². The van der Waals surface area contributed by atoms with Crippen LogP contribution in [0, 0.1) is 0 Å². The van der Waals surface area contributed by atoms with Crippen molar-refractivity contribution in [2.75, 3.05) is 28.9 Å². The molecule has 1 fully saturated rings. The number of benzene rings is 1. The quantitative estimate of drug-likeness (QED) is 0.750. The first-order chi connectivity index (χ1) is 8.27. The zero-order valence-corrected chi connectivity index (χ0v) is 9.98. The predicted molar refractivity (Wildman–Crippen MR) is 70.8 cm³/mol. The fourth-order valence-corrected chi connectivity index (χ4v) is 2.87. The van der Waals surface area contributed by atoms with Crippen LogP contribution in [0.3, 0.4) is 0 Å². The average molecular weight is 248 g/mol. The fraction of sp³-hybridized carbons (Fsp3) is 0.273. The molecule has 2 heterocycles. The van der Waals surface area contributed by atoms with Crippen LogP contribution in [0.4, 0.5) is 5.95 Å². The lowest BCUT2D eigenvalue weighted by atomic mass is 10.2. The van der Waals surface area contributed by atoms with Crippen LogP contribution in [0.5, 0.6) is 0 Å². The lowest BCUT2D eigenvalue weighted by Gasteiger charge is -2.18. The molecule has 17 heavy (non-hydrogen) atoms. The molecule has 0 bridgehead atoms. The first-order valence-corrected chi connectivity index (χ1v) is 6.52. The van der Waals surface area contributed by atoms with Gasteiger partial charge >= 0.3 is 0 Å². The van der Waals surface area contributed by atoms with Crippen molar-refractivity contribution in [3.05, 3.63) is 34.6 Å². The molecule has 2 N–H and O–H groups in total. The Morgan fingerprint density at radius 3 is 2.94 bits per heavy atom. The van der Waals surface area contributed by atoms with Gasteiger partial charge in [-0.2, -0.15) is 4.68 Å². The molecule has 1 aromatic carbocycles.